The van der Waals surface area contributed by atoms with Gasteiger partial charge in [-0.15, -0.1) is 0 Å². The zero-order valence-electron chi connectivity index (χ0n) is 17.9. The minimum absolute atomic E-state index is 0. The standard InChI is InChI=1S/C21H40N2O3.Na/c1-3-4-5-6-7-8-9-10-11-12-13-14-15-16-17-18-20(24)23-22-19(2)21(25)26;/h10-11,19,22H,3-9,12-18H2,1-2H3,(H,23,24)(H,25,26);/q;+1/p-1/b11-10-;/t19-;/m0./s1. The first kappa shape index (κ1) is 28.8. The second kappa shape index (κ2) is 21.9. The molecule has 1 atom stereocenters. The molecule has 0 radical (unpaired) electrons. The van der Waals surface area contributed by atoms with E-state index < -0.39 is 12.0 Å². The van der Waals surface area contributed by atoms with Gasteiger partial charge < -0.3 is 9.90 Å². The fourth-order valence-electron chi connectivity index (χ4n) is 2.67. The number of allylic oxidation sites excluding steroid dienone is 2. The Morgan fingerprint density at radius 2 is 1.33 bits per heavy atom. The van der Waals surface area contributed by atoms with Gasteiger partial charge in [0.2, 0.25) is 5.91 Å². The zero-order valence-corrected chi connectivity index (χ0v) is 19.9. The SMILES string of the molecule is CCCCCCCC/C=C\CCCCCCCC(=O)NN[C@@H](C)C(=O)[O-].[Na+]. The van der Waals surface area contributed by atoms with Gasteiger partial charge in [0.25, 0.3) is 0 Å². The number of hydrogen-bond acceptors (Lipinski definition) is 4. The molecular weight excluding hydrogens is 351 g/mol. The van der Waals surface area contributed by atoms with Crippen molar-refractivity contribution in [1.29, 1.82) is 0 Å². The van der Waals surface area contributed by atoms with Crippen LogP contribution >= 0.6 is 0 Å². The summed E-state index contributed by atoms with van der Waals surface area (Å²) in [7, 11) is 0. The molecule has 0 heterocycles. The molecule has 2 N–H and O–H groups in total. The van der Waals surface area contributed by atoms with Crippen LogP contribution in [0.5, 0.6) is 0 Å². The van der Waals surface area contributed by atoms with E-state index in [0.717, 1.165) is 25.7 Å². The van der Waals surface area contributed by atoms with Crippen LogP contribution < -0.4 is 45.5 Å². The third-order valence-corrected chi connectivity index (χ3v) is 4.45. The van der Waals surface area contributed by atoms with Crippen LogP contribution in [0.1, 0.15) is 104 Å². The molecule has 0 aromatic rings. The second-order valence-corrected chi connectivity index (χ2v) is 7.07. The van der Waals surface area contributed by atoms with Crippen molar-refractivity contribution in [1.82, 2.24) is 10.9 Å². The quantitative estimate of drug-likeness (QED) is 0.157. The molecule has 152 valence electrons. The van der Waals surface area contributed by atoms with Crippen LogP contribution in [0, 0.1) is 0 Å². The molecule has 27 heavy (non-hydrogen) atoms. The first-order valence-electron chi connectivity index (χ1n) is 10.5. The van der Waals surface area contributed by atoms with Crippen molar-refractivity contribution >= 4 is 11.9 Å². The Labute approximate surface area is 188 Å². The normalized spacial score (nSPS) is 11.9. The van der Waals surface area contributed by atoms with E-state index in [1.807, 2.05) is 0 Å². The van der Waals surface area contributed by atoms with Crippen LogP contribution in [0.25, 0.3) is 0 Å². The average molecular weight is 391 g/mol. The Morgan fingerprint density at radius 1 is 0.852 bits per heavy atom. The van der Waals surface area contributed by atoms with Gasteiger partial charge in [-0.2, -0.15) is 0 Å². The first-order valence-corrected chi connectivity index (χ1v) is 10.5. The summed E-state index contributed by atoms with van der Waals surface area (Å²) in [6.07, 6.45) is 21.0. The molecule has 0 aromatic carbocycles. The van der Waals surface area contributed by atoms with Crippen molar-refractivity contribution in [2.45, 2.75) is 110 Å². The van der Waals surface area contributed by atoms with E-state index in [2.05, 4.69) is 29.9 Å². The van der Waals surface area contributed by atoms with Crippen molar-refractivity contribution in [3.05, 3.63) is 12.2 Å². The number of rotatable bonds is 18. The molecule has 0 saturated heterocycles. The summed E-state index contributed by atoms with van der Waals surface area (Å²) in [6, 6.07) is -0.881. The number of nitrogens with one attached hydrogen (secondary N) is 2. The summed E-state index contributed by atoms with van der Waals surface area (Å²) in [5.74, 6) is -1.40. The van der Waals surface area contributed by atoms with Crippen LogP contribution in [-0.4, -0.2) is 17.9 Å². The molecule has 0 saturated carbocycles. The van der Waals surface area contributed by atoms with Crippen LogP contribution in [0.4, 0.5) is 0 Å². The largest absolute Gasteiger partial charge is 1.00 e. The second-order valence-electron chi connectivity index (χ2n) is 7.07. The molecule has 0 rings (SSSR count). The number of carboxylic acid groups (broad SMARTS) is 1. The Morgan fingerprint density at radius 3 is 1.85 bits per heavy atom. The molecule has 0 spiro atoms. The van der Waals surface area contributed by atoms with Gasteiger partial charge in [0.1, 0.15) is 0 Å². The molecule has 0 aromatic heterocycles. The molecule has 0 fully saturated rings. The van der Waals surface area contributed by atoms with E-state index in [0.29, 0.717) is 6.42 Å². The smallest absolute Gasteiger partial charge is 0.548 e. The predicted molar refractivity (Wildman–Crippen MR) is 105 cm³/mol. The predicted octanol–water partition coefficient (Wildman–Crippen LogP) is 0.787. The van der Waals surface area contributed by atoms with Crippen molar-refractivity contribution in [3.8, 4) is 0 Å². The Bertz CT molecular complexity index is 390. The van der Waals surface area contributed by atoms with Gasteiger partial charge in [0, 0.05) is 6.42 Å². The number of unbranched alkanes of at least 4 members (excludes halogenated alkanes) is 11. The Kier molecular flexibility index (Phi) is 23.4. The zero-order chi connectivity index (χ0) is 19.5. The van der Waals surface area contributed by atoms with E-state index in [1.165, 1.54) is 64.7 Å². The Hall–Kier alpha value is -0.360. The molecule has 0 aliphatic carbocycles. The van der Waals surface area contributed by atoms with Gasteiger partial charge in [0.15, 0.2) is 0 Å². The van der Waals surface area contributed by atoms with Crippen molar-refractivity contribution in [3.63, 3.8) is 0 Å². The van der Waals surface area contributed by atoms with E-state index in [-0.39, 0.29) is 35.5 Å². The topological polar surface area (TPSA) is 81.3 Å². The van der Waals surface area contributed by atoms with Crippen molar-refractivity contribution < 1.29 is 44.3 Å². The van der Waals surface area contributed by atoms with Crippen LogP contribution in [-0.2, 0) is 9.59 Å². The van der Waals surface area contributed by atoms with Gasteiger partial charge in [-0.05, 0) is 39.0 Å². The maximum atomic E-state index is 11.5. The Balaban J connectivity index is 0. The minimum Gasteiger partial charge on any atom is -0.548 e. The number of hydrogen-bond donors (Lipinski definition) is 2. The van der Waals surface area contributed by atoms with Gasteiger partial charge in [0.05, 0.1) is 12.0 Å². The summed E-state index contributed by atoms with van der Waals surface area (Å²) in [6.45, 7) is 3.68. The maximum Gasteiger partial charge on any atom is 1.00 e. The number of hydrazine groups is 1. The molecule has 0 aliphatic rings. The van der Waals surface area contributed by atoms with E-state index in [4.69, 9.17) is 0 Å². The van der Waals surface area contributed by atoms with E-state index in [1.54, 1.807) is 0 Å². The molecule has 6 heteroatoms. The third-order valence-electron chi connectivity index (χ3n) is 4.45. The fraction of sp³-hybridized carbons (Fsp3) is 0.810. The van der Waals surface area contributed by atoms with Crippen molar-refractivity contribution in [2.75, 3.05) is 0 Å². The number of carboxylic acids is 1. The van der Waals surface area contributed by atoms with Gasteiger partial charge >= 0.3 is 29.6 Å². The van der Waals surface area contributed by atoms with Crippen molar-refractivity contribution in [2.24, 2.45) is 0 Å². The molecule has 0 unspecified atom stereocenters. The molecule has 1 amide bonds. The van der Waals surface area contributed by atoms with E-state index >= 15 is 0 Å². The first-order chi connectivity index (χ1) is 12.6. The summed E-state index contributed by atoms with van der Waals surface area (Å²) < 4.78 is 0. The third kappa shape index (κ3) is 21.8. The molecule has 0 aliphatic heterocycles. The van der Waals surface area contributed by atoms with Gasteiger partial charge in [-0.1, -0.05) is 70.4 Å². The molecule has 0 bridgehead atoms. The number of aliphatic carboxylic acids is 1. The summed E-state index contributed by atoms with van der Waals surface area (Å²) in [5, 5.41) is 10.5. The van der Waals surface area contributed by atoms with E-state index in [9.17, 15) is 14.7 Å². The average Bonchev–Trinajstić information content (AvgIpc) is 2.62. The van der Waals surface area contributed by atoms with Gasteiger partial charge in [-0.25, -0.2) is 5.43 Å². The number of amides is 1. The van der Waals surface area contributed by atoms with Crippen LogP contribution in [0.2, 0.25) is 0 Å². The summed E-state index contributed by atoms with van der Waals surface area (Å²) in [5.41, 5.74) is 4.81. The van der Waals surface area contributed by atoms with Gasteiger partial charge in [-0.3, -0.25) is 10.2 Å². The monoisotopic (exact) mass is 390 g/mol. The van der Waals surface area contributed by atoms with Crippen LogP contribution in [0.3, 0.4) is 0 Å². The molecular formula is C21H39N2NaO3. The summed E-state index contributed by atoms with van der Waals surface area (Å²) in [4.78, 5) is 22.0. The minimum atomic E-state index is -1.23. The van der Waals surface area contributed by atoms with Crippen LogP contribution in [0.15, 0.2) is 12.2 Å². The number of carbonyl (C=O) groups excluding carboxylic acids is 2. The molecule has 5 nitrogen and oxygen atoms in total. The summed E-state index contributed by atoms with van der Waals surface area (Å²) >= 11 is 0. The maximum absolute atomic E-state index is 11.5. The number of carbonyl (C=O) groups is 2. The fourth-order valence-corrected chi connectivity index (χ4v) is 2.67.